The molecule has 9 heteroatoms. The van der Waals surface area contributed by atoms with Crippen molar-refractivity contribution in [3.8, 4) is 0 Å². The third-order valence-electron chi connectivity index (χ3n) is 4.59. The molecule has 1 fully saturated rings. The maximum absolute atomic E-state index is 13.8. The summed E-state index contributed by atoms with van der Waals surface area (Å²) in [6, 6.07) is 11.2. The number of nitrogens with one attached hydrogen (secondary N) is 1. The lowest BCUT2D eigenvalue weighted by atomic mass is 10.2. The van der Waals surface area contributed by atoms with Crippen LogP contribution in [-0.4, -0.2) is 56.3 Å². The molecule has 1 amide bonds. The zero-order chi connectivity index (χ0) is 20.1. The number of hydrogen-bond donors (Lipinski definition) is 1. The number of para-hydroxylation sites is 1. The number of halogens is 2. The molecule has 2 aromatic carbocycles. The summed E-state index contributed by atoms with van der Waals surface area (Å²) in [7, 11) is -3.88. The largest absolute Gasteiger partial charge is 0.324 e. The SMILES string of the molecule is O=C(CCN1CCN(S(=O)(=O)c2ccccc2F)CC1)Nc1ccccc1F. The van der Waals surface area contributed by atoms with Crippen LogP contribution < -0.4 is 5.32 Å². The quantitative estimate of drug-likeness (QED) is 0.795. The molecule has 0 atom stereocenters. The zero-order valence-electron chi connectivity index (χ0n) is 15.1. The Kier molecular flexibility index (Phi) is 6.38. The van der Waals surface area contributed by atoms with E-state index in [0.717, 1.165) is 6.07 Å². The van der Waals surface area contributed by atoms with Gasteiger partial charge in [0, 0.05) is 39.1 Å². The highest BCUT2D eigenvalue weighted by Gasteiger charge is 2.30. The van der Waals surface area contributed by atoms with Gasteiger partial charge in [0.1, 0.15) is 16.5 Å². The van der Waals surface area contributed by atoms with E-state index in [-0.39, 0.29) is 36.0 Å². The summed E-state index contributed by atoms with van der Waals surface area (Å²) in [5.74, 6) is -1.58. The van der Waals surface area contributed by atoms with Crippen molar-refractivity contribution < 1.29 is 22.0 Å². The van der Waals surface area contributed by atoms with Gasteiger partial charge in [-0.1, -0.05) is 24.3 Å². The van der Waals surface area contributed by atoms with Gasteiger partial charge in [-0.25, -0.2) is 17.2 Å². The number of anilines is 1. The number of sulfonamides is 1. The average molecular weight is 409 g/mol. The van der Waals surface area contributed by atoms with Crippen LogP contribution in [0.1, 0.15) is 6.42 Å². The number of rotatable bonds is 6. The van der Waals surface area contributed by atoms with Gasteiger partial charge in [0.2, 0.25) is 15.9 Å². The van der Waals surface area contributed by atoms with Crippen molar-refractivity contribution >= 4 is 21.6 Å². The number of hydrogen-bond acceptors (Lipinski definition) is 4. The van der Waals surface area contributed by atoms with Crippen molar-refractivity contribution in [1.82, 2.24) is 9.21 Å². The summed E-state index contributed by atoms with van der Waals surface area (Å²) in [5.41, 5.74) is 0.133. The van der Waals surface area contributed by atoms with E-state index in [1.165, 1.54) is 34.6 Å². The standard InChI is InChI=1S/C19H21F2N3O3S/c20-15-5-1-3-7-17(15)22-19(25)9-10-23-11-13-24(14-12-23)28(26,27)18-8-4-2-6-16(18)21/h1-8H,9-14H2,(H,22,25). The van der Waals surface area contributed by atoms with Crippen molar-refractivity contribution in [2.45, 2.75) is 11.3 Å². The minimum atomic E-state index is -3.88. The molecule has 6 nitrogen and oxygen atoms in total. The number of nitrogens with zero attached hydrogens (tertiary/aromatic N) is 2. The lowest BCUT2D eigenvalue weighted by Gasteiger charge is -2.33. The molecule has 0 aliphatic carbocycles. The molecule has 0 saturated carbocycles. The minimum Gasteiger partial charge on any atom is -0.324 e. The first-order chi connectivity index (χ1) is 13.4. The highest BCUT2D eigenvalue weighted by Crippen LogP contribution is 2.20. The highest BCUT2D eigenvalue weighted by atomic mass is 32.2. The van der Waals surface area contributed by atoms with Gasteiger partial charge in [0.05, 0.1) is 5.69 Å². The first-order valence-electron chi connectivity index (χ1n) is 8.89. The average Bonchev–Trinajstić information content (AvgIpc) is 2.69. The van der Waals surface area contributed by atoms with Gasteiger partial charge in [-0.05, 0) is 24.3 Å². The molecule has 1 heterocycles. The Morgan fingerprint density at radius 2 is 1.54 bits per heavy atom. The predicted octanol–water partition coefficient (Wildman–Crippen LogP) is 2.30. The van der Waals surface area contributed by atoms with Gasteiger partial charge in [-0.15, -0.1) is 0 Å². The zero-order valence-corrected chi connectivity index (χ0v) is 16.0. The van der Waals surface area contributed by atoms with Crippen LogP contribution in [0.25, 0.3) is 0 Å². The summed E-state index contributed by atoms with van der Waals surface area (Å²) < 4.78 is 53.8. The van der Waals surface area contributed by atoms with E-state index in [1.54, 1.807) is 12.1 Å². The molecule has 1 saturated heterocycles. The summed E-state index contributed by atoms with van der Waals surface area (Å²) in [4.78, 5) is 13.6. The molecule has 1 N–H and O–H groups in total. The molecule has 0 radical (unpaired) electrons. The molecule has 0 bridgehead atoms. The van der Waals surface area contributed by atoms with Crippen LogP contribution >= 0.6 is 0 Å². The van der Waals surface area contributed by atoms with Crippen LogP contribution in [0.2, 0.25) is 0 Å². The van der Waals surface area contributed by atoms with E-state index in [9.17, 15) is 22.0 Å². The van der Waals surface area contributed by atoms with Crippen molar-refractivity contribution in [2.75, 3.05) is 38.0 Å². The first-order valence-corrected chi connectivity index (χ1v) is 10.3. The molecule has 0 spiro atoms. The maximum Gasteiger partial charge on any atom is 0.246 e. The second kappa shape index (κ2) is 8.76. The van der Waals surface area contributed by atoms with Crippen LogP contribution in [0, 0.1) is 11.6 Å². The lowest BCUT2D eigenvalue weighted by Crippen LogP contribution is -2.49. The Balaban J connectivity index is 1.50. The van der Waals surface area contributed by atoms with Crippen LogP contribution in [-0.2, 0) is 14.8 Å². The van der Waals surface area contributed by atoms with E-state index in [4.69, 9.17) is 0 Å². The molecular weight excluding hydrogens is 388 g/mol. The molecule has 0 unspecified atom stereocenters. The number of benzene rings is 2. The Labute approximate surface area is 162 Å². The van der Waals surface area contributed by atoms with Gasteiger partial charge in [0.15, 0.2) is 0 Å². The number of carbonyl (C=O) groups excluding carboxylic acids is 1. The summed E-state index contributed by atoms with van der Waals surface area (Å²) >= 11 is 0. The van der Waals surface area contributed by atoms with Crippen molar-refractivity contribution in [3.63, 3.8) is 0 Å². The fraction of sp³-hybridized carbons (Fsp3) is 0.316. The summed E-state index contributed by atoms with van der Waals surface area (Å²) in [6.07, 6.45) is 0.161. The van der Waals surface area contributed by atoms with Crippen molar-refractivity contribution in [2.24, 2.45) is 0 Å². The van der Waals surface area contributed by atoms with Gasteiger partial charge in [-0.3, -0.25) is 4.79 Å². The van der Waals surface area contributed by atoms with Crippen molar-refractivity contribution in [1.29, 1.82) is 0 Å². The monoisotopic (exact) mass is 409 g/mol. The Hall–Kier alpha value is -2.36. The first kappa shape index (κ1) is 20.4. The molecule has 28 heavy (non-hydrogen) atoms. The number of carbonyl (C=O) groups is 1. The molecule has 1 aliphatic heterocycles. The van der Waals surface area contributed by atoms with Crippen LogP contribution in [0.15, 0.2) is 53.4 Å². The Bertz CT molecular complexity index is 945. The number of amides is 1. The molecule has 2 aromatic rings. The van der Waals surface area contributed by atoms with Gasteiger partial charge in [-0.2, -0.15) is 4.31 Å². The predicted molar refractivity (Wildman–Crippen MR) is 101 cm³/mol. The smallest absolute Gasteiger partial charge is 0.246 e. The van der Waals surface area contributed by atoms with E-state index in [2.05, 4.69) is 5.32 Å². The van der Waals surface area contributed by atoms with Crippen LogP contribution in [0.3, 0.4) is 0 Å². The fourth-order valence-electron chi connectivity index (χ4n) is 3.02. The van der Waals surface area contributed by atoms with Crippen LogP contribution in [0.4, 0.5) is 14.5 Å². The second-order valence-electron chi connectivity index (χ2n) is 6.45. The minimum absolute atomic E-state index is 0.133. The second-order valence-corrected chi connectivity index (χ2v) is 8.36. The van der Waals surface area contributed by atoms with E-state index in [1.807, 2.05) is 4.90 Å². The summed E-state index contributed by atoms with van der Waals surface area (Å²) in [5, 5.41) is 2.52. The van der Waals surface area contributed by atoms with E-state index < -0.39 is 21.7 Å². The lowest BCUT2D eigenvalue weighted by molar-refractivity contribution is -0.116. The fourth-order valence-corrected chi connectivity index (χ4v) is 4.51. The van der Waals surface area contributed by atoms with Gasteiger partial charge in [0.25, 0.3) is 0 Å². The topological polar surface area (TPSA) is 69.7 Å². The molecular formula is C19H21F2N3O3S. The molecule has 1 aliphatic rings. The van der Waals surface area contributed by atoms with Gasteiger partial charge >= 0.3 is 0 Å². The Morgan fingerprint density at radius 1 is 0.929 bits per heavy atom. The van der Waals surface area contributed by atoms with E-state index in [0.29, 0.717) is 19.6 Å². The maximum atomic E-state index is 13.8. The highest BCUT2D eigenvalue weighted by molar-refractivity contribution is 7.89. The molecule has 3 rings (SSSR count). The molecule has 0 aromatic heterocycles. The third-order valence-corrected chi connectivity index (χ3v) is 6.52. The van der Waals surface area contributed by atoms with Crippen LogP contribution in [0.5, 0.6) is 0 Å². The van der Waals surface area contributed by atoms with Gasteiger partial charge < -0.3 is 10.2 Å². The van der Waals surface area contributed by atoms with Crippen molar-refractivity contribution in [3.05, 3.63) is 60.2 Å². The number of piperazine rings is 1. The normalized spacial score (nSPS) is 16.1. The summed E-state index contributed by atoms with van der Waals surface area (Å²) in [6.45, 7) is 1.71. The van der Waals surface area contributed by atoms with E-state index >= 15 is 0 Å². The third kappa shape index (κ3) is 4.73. The Morgan fingerprint density at radius 3 is 2.18 bits per heavy atom. The molecule has 150 valence electrons.